The number of carbonyl (C=O) groups is 2. The first-order valence-corrected chi connectivity index (χ1v) is 8.65. The first kappa shape index (κ1) is 17.8. The smallest absolute Gasteiger partial charge is 0.313 e. The molecule has 6 heteroatoms. The number of benzene rings is 2. The van der Waals surface area contributed by atoms with Crippen molar-refractivity contribution in [3.63, 3.8) is 0 Å². The van der Waals surface area contributed by atoms with Gasteiger partial charge in [0.15, 0.2) is 11.5 Å². The summed E-state index contributed by atoms with van der Waals surface area (Å²) in [6.45, 7) is 4.60. The Morgan fingerprint density at radius 3 is 2.65 bits per heavy atom. The van der Waals surface area contributed by atoms with E-state index in [-0.39, 0.29) is 13.3 Å². The fraction of sp³-hybridized carbons (Fsp3) is 0.300. The summed E-state index contributed by atoms with van der Waals surface area (Å²) in [6.07, 6.45) is 0.948. The molecule has 0 aromatic heterocycles. The average Bonchev–Trinajstić information content (AvgIpc) is 3.13. The zero-order valence-electron chi connectivity index (χ0n) is 14.9. The maximum atomic E-state index is 12.2. The highest BCUT2D eigenvalue weighted by Crippen LogP contribution is 2.32. The number of rotatable bonds is 5. The van der Waals surface area contributed by atoms with Gasteiger partial charge in [0.1, 0.15) is 0 Å². The van der Waals surface area contributed by atoms with Gasteiger partial charge in [-0.3, -0.25) is 9.59 Å². The lowest BCUT2D eigenvalue weighted by molar-refractivity contribution is -0.136. The van der Waals surface area contributed by atoms with Crippen molar-refractivity contribution >= 4 is 17.5 Å². The highest BCUT2D eigenvalue weighted by molar-refractivity contribution is 6.39. The van der Waals surface area contributed by atoms with Crippen LogP contribution >= 0.6 is 0 Å². The molecule has 6 nitrogen and oxygen atoms in total. The van der Waals surface area contributed by atoms with E-state index in [1.807, 2.05) is 30.3 Å². The molecule has 0 saturated carbocycles. The summed E-state index contributed by atoms with van der Waals surface area (Å²) in [7, 11) is 0. The second-order valence-electron chi connectivity index (χ2n) is 6.22. The normalized spacial score (nSPS) is 13.2. The molecule has 0 aliphatic carbocycles. The van der Waals surface area contributed by atoms with Crippen molar-refractivity contribution in [2.24, 2.45) is 0 Å². The number of hydrogen-bond acceptors (Lipinski definition) is 4. The number of hydrogen-bond donors (Lipinski definition) is 2. The first-order chi connectivity index (χ1) is 12.6. The monoisotopic (exact) mass is 354 g/mol. The molecular weight excluding hydrogens is 332 g/mol. The molecule has 2 amide bonds. The van der Waals surface area contributed by atoms with Crippen LogP contribution in [0.2, 0.25) is 0 Å². The van der Waals surface area contributed by atoms with Gasteiger partial charge in [-0.25, -0.2) is 0 Å². The minimum atomic E-state index is -0.679. The van der Waals surface area contributed by atoms with E-state index in [2.05, 4.69) is 24.5 Å². The number of nitrogens with one attached hydrogen (secondary N) is 2. The van der Waals surface area contributed by atoms with Crippen LogP contribution in [0.3, 0.4) is 0 Å². The summed E-state index contributed by atoms with van der Waals surface area (Å²) in [6, 6.07) is 12.9. The van der Waals surface area contributed by atoms with Gasteiger partial charge in [-0.2, -0.15) is 0 Å². The molecule has 26 heavy (non-hydrogen) atoms. The van der Waals surface area contributed by atoms with Crippen molar-refractivity contribution in [3.05, 3.63) is 53.6 Å². The Hall–Kier alpha value is -3.02. The average molecular weight is 354 g/mol. The molecule has 1 aliphatic rings. The highest BCUT2D eigenvalue weighted by atomic mass is 16.7. The fourth-order valence-corrected chi connectivity index (χ4v) is 2.75. The molecule has 1 unspecified atom stereocenters. The molecule has 3 rings (SSSR count). The molecule has 1 heterocycles. The number of amides is 2. The van der Waals surface area contributed by atoms with Crippen LogP contribution in [0.25, 0.3) is 0 Å². The van der Waals surface area contributed by atoms with E-state index in [9.17, 15) is 9.59 Å². The van der Waals surface area contributed by atoms with Crippen molar-refractivity contribution in [2.45, 2.75) is 32.7 Å². The molecule has 2 aromatic carbocycles. The molecule has 1 aliphatic heterocycles. The number of ether oxygens (including phenoxy) is 2. The molecule has 0 fully saturated rings. The predicted octanol–water partition coefficient (Wildman–Crippen LogP) is 3.18. The van der Waals surface area contributed by atoms with E-state index in [0.717, 1.165) is 17.5 Å². The van der Waals surface area contributed by atoms with E-state index in [1.165, 1.54) is 0 Å². The topological polar surface area (TPSA) is 76.7 Å². The summed E-state index contributed by atoms with van der Waals surface area (Å²) < 4.78 is 10.6. The van der Waals surface area contributed by atoms with Crippen LogP contribution in [0, 0.1) is 0 Å². The number of para-hydroxylation sites is 1. The third-order valence-electron chi connectivity index (χ3n) is 4.45. The minimum Gasteiger partial charge on any atom is -0.454 e. The summed E-state index contributed by atoms with van der Waals surface area (Å²) in [5.74, 6) is 0.259. The maximum Gasteiger partial charge on any atom is 0.313 e. The molecule has 0 radical (unpaired) electrons. The molecule has 2 aromatic rings. The van der Waals surface area contributed by atoms with Crippen molar-refractivity contribution in [3.8, 4) is 11.5 Å². The molecular formula is C20H22N2O4. The first-order valence-electron chi connectivity index (χ1n) is 8.65. The number of carbonyl (C=O) groups excluding carboxylic acids is 2. The second-order valence-corrected chi connectivity index (χ2v) is 6.22. The van der Waals surface area contributed by atoms with Crippen molar-refractivity contribution < 1.29 is 19.1 Å². The lowest BCUT2D eigenvalue weighted by Gasteiger charge is -2.15. The van der Waals surface area contributed by atoms with Crippen LogP contribution in [-0.4, -0.2) is 18.6 Å². The molecule has 136 valence electrons. The Kier molecular flexibility index (Phi) is 5.41. The van der Waals surface area contributed by atoms with E-state index >= 15 is 0 Å². The van der Waals surface area contributed by atoms with Gasteiger partial charge in [-0.15, -0.1) is 0 Å². The van der Waals surface area contributed by atoms with Crippen LogP contribution in [0.5, 0.6) is 11.5 Å². The van der Waals surface area contributed by atoms with E-state index in [0.29, 0.717) is 23.1 Å². The Morgan fingerprint density at radius 1 is 1.08 bits per heavy atom. The zero-order chi connectivity index (χ0) is 18.5. The molecule has 0 bridgehead atoms. The van der Waals surface area contributed by atoms with E-state index < -0.39 is 11.8 Å². The molecule has 2 N–H and O–H groups in total. The number of fused-ring (bicyclic) bond motifs is 1. The van der Waals surface area contributed by atoms with Gasteiger partial charge < -0.3 is 20.1 Å². The fourth-order valence-electron chi connectivity index (χ4n) is 2.75. The molecule has 1 atom stereocenters. The lowest BCUT2D eigenvalue weighted by Crippen LogP contribution is -2.35. The highest BCUT2D eigenvalue weighted by Gasteiger charge is 2.18. The van der Waals surface area contributed by atoms with Gasteiger partial charge >= 0.3 is 11.8 Å². The predicted molar refractivity (Wildman–Crippen MR) is 98.2 cm³/mol. The van der Waals surface area contributed by atoms with Gasteiger partial charge in [0.25, 0.3) is 0 Å². The Bertz CT molecular complexity index is 819. The van der Waals surface area contributed by atoms with E-state index in [1.54, 1.807) is 12.1 Å². The summed E-state index contributed by atoms with van der Waals surface area (Å²) in [4.78, 5) is 24.3. The van der Waals surface area contributed by atoms with Crippen LogP contribution in [-0.2, 0) is 16.1 Å². The zero-order valence-corrected chi connectivity index (χ0v) is 14.9. The third kappa shape index (κ3) is 3.96. The van der Waals surface area contributed by atoms with Crippen molar-refractivity contribution in [1.82, 2.24) is 5.32 Å². The van der Waals surface area contributed by atoms with Crippen LogP contribution in [0.1, 0.15) is 37.3 Å². The summed E-state index contributed by atoms with van der Waals surface area (Å²) >= 11 is 0. The Morgan fingerprint density at radius 2 is 1.85 bits per heavy atom. The van der Waals surface area contributed by atoms with Crippen molar-refractivity contribution in [2.75, 3.05) is 12.1 Å². The van der Waals surface area contributed by atoms with Crippen LogP contribution in [0.4, 0.5) is 5.69 Å². The largest absolute Gasteiger partial charge is 0.454 e. The van der Waals surface area contributed by atoms with Gasteiger partial charge in [0.2, 0.25) is 6.79 Å². The Balaban J connectivity index is 1.59. The van der Waals surface area contributed by atoms with E-state index in [4.69, 9.17) is 9.47 Å². The lowest BCUT2D eigenvalue weighted by atomic mass is 9.97. The minimum absolute atomic E-state index is 0.198. The quantitative estimate of drug-likeness (QED) is 0.809. The maximum absolute atomic E-state index is 12.2. The van der Waals surface area contributed by atoms with Gasteiger partial charge in [0, 0.05) is 12.2 Å². The Labute approximate surface area is 152 Å². The SMILES string of the molecule is CCC(C)c1ccccc1NC(=O)C(=O)NCc1ccc2c(c1)OCO2. The van der Waals surface area contributed by atoms with Gasteiger partial charge in [0.05, 0.1) is 0 Å². The second kappa shape index (κ2) is 7.91. The summed E-state index contributed by atoms with van der Waals surface area (Å²) in [5.41, 5.74) is 2.52. The third-order valence-corrected chi connectivity index (χ3v) is 4.45. The van der Waals surface area contributed by atoms with Crippen LogP contribution < -0.4 is 20.1 Å². The van der Waals surface area contributed by atoms with Gasteiger partial charge in [-0.1, -0.05) is 38.1 Å². The van der Waals surface area contributed by atoms with Crippen molar-refractivity contribution in [1.29, 1.82) is 0 Å². The standard InChI is InChI=1S/C20H22N2O4/c1-3-13(2)15-6-4-5-7-16(15)22-20(24)19(23)21-11-14-8-9-17-18(10-14)26-12-25-17/h4-10,13H,3,11-12H2,1-2H3,(H,21,23)(H,22,24). The van der Waals surface area contributed by atoms with Crippen LogP contribution in [0.15, 0.2) is 42.5 Å². The molecule has 0 spiro atoms. The summed E-state index contributed by atoms with van der Waals surface area (Å²) in [5, 5.41) is 5.33. The molecule has 0 saturated heterocycles. The number of anilines is 1. The van der Waals surface area contributed by atoms with Gasteiger partial charge in [-0.05, 0) is 41.7 Å².